The number of aliphatic hydroxyl groups is 2. The van der Waals surface area contributed by atoms with Crippen molar-refractivity contribution in [3.8, 4) is 0 Å². The maximum atomic E-state index is 8.13. The second-order valence-electron chi connectivity index (χ2n) is 0.962. The normalized spacial score (nSPS) is 10.0. The van der Waals surface area contributed by atoms with Crippen LogP contribution in [0.15, 0.2) is 0 Å². The van der Waals surface area contributed by atoms with Crippen molar-refractivity contribution >= 4 is 15.9 Å². The molecule has 0 atom stereocenters. The summed E-state index contributed by atoms with van der Waals surface area (Å²) in [5, 5.41) is 16.3. The van der Waals surface area contributed by atoms with Gasteiger partial charge in [-0.05, 0) is 0 Å². The SMILES string of the molecule is OCC(Br)CO. The van der Waals surface area contributed by atoms with Crippen molar-refractivity contribution in [1.29, 1.82) is 0 Å². The van der Waals surface area contributed by atoms with E-state index in [1.165, 1.54) is 0 Å². The van der Waals surface area contributed by atoms with Gasteiger partial charge in [0, 0.05) is 0 Å². The Balaban J connectivity index is 2.75. The minimum atomic E-state index is -0.141. The largest absolute Gasteiger partial charge is 0.395 e. The number of alkyl halides is 1. The zero-order valence-electron chi connectivity index (χ0n) is 3.26. The van der Waals surface area contributed by atoms with Gasteiger partial charge < -0.3 is 10.2 Å². The van der Waals surface area contributed by atoms with Gasteiger partial charge in [0.05, 0.1) is 18.0 Å². The van der Waals surface area contributed by atoms with Crippen molar-refractivity contribution in [2.24, 2.45) is 0 Å². The molecule has 0 aliphatic heterocycles. The Kier molecular flexibility index (Phi) is 3.82. The topological polar surface area (TPSA) is 40.5 Å². The number of rotatable bonds is 2. The zero-order chi connectivity index (χ0) is 4.99. The molecular weight excluding hydrogens is 148 g/mol. The summed E-state index contributed by atoms with van der Waals surface area (Å²) in [5.74, 6) is 0. The van der Waals surface area contributed by atoms with E-state index in [2.05, 4.69) is 15.9 Å². The molecule has 2 nitrogen and oxygen atoms in total. The van der Waals surface area contributed by atoms with Crippen LogP contribution in [0.4, 0.5) is 0 Å². The van der Waals surface area contributed by atoms with Crippen LogP contribution in [0.3, 0.4) is 0 Å². The van der Waals surface area contributed by atoms with Gasteiger partial charge in [0.15, 0.2) is 0 Å². The molecule has 0 aromatic carbocycles. The zero-order valence-corrected chi connectivity index (χ0v) is 4.85. The van der Waals surface area contributed by atoms with E-state index in [1.807, 2.05) is 0 Å². The first kappa shape index (κ1) is 6.40. The van der Waals surface area contributed by atoms with E-state index in [0.717, 1.165) is 0 Å². The van der Waals surface area contributed by atoms with Crippen LogP contribution in [0.5, 0.6) is 0 Å². The lowest BCUT2D eigenvalue weighted by atomic mass is 10.5. The molecular formula is C3H7BrO2. The number of hydrogen-bond acceptors (Lipinski definition) is 2. The molecule has 0 heterocycles. The number of aliphatic hydroxyl groups excluding tert-OH is 2. The van der Waals surface area contributed by atoms with Gasteiger partial charge in [-0.25, -0.2) is 0 Å². The van der Waals surface area contributed by atoms with Gasteiger partial charge in [0.2, 0.25) is 0 Å². The Morgan fingerprint density at radius 3 is 1.67 bits per heavy atom. The smallest absolute Gasteiger partial charge is 0.0608 e. The predicted octanol–water partition coefficient (Wildman–Crippen LogP) is -0.266. The minimum absolute atomic E-state index is 0.00347. The molecule has 0 fully saturated rings. The fourth-order valence-electron chi connectivity index (χ4n) is 0.0577. The van der Waals surface area contributed by atoms with Crippen LogP contribution in [-0.4, -0.2) is 28.3 Å². The lowest BCUT2D eigenvalue weighted by Crippen LogP contribution is -2.07. The van der Waals surface area contributed by atoms with Crippen LogP contribution < -0.4 is 0 Å². The Labute approximate surface area is 44.9 Å². The molecule has 0 aromatic heterocycles. The van der Waals surface area contributed by atoms with Gasteiger partial charge in [0.25, 0.3) is 0 Å². The average Bonchev–Trinajstić information content (AvgIpc) is 1.65. The average molecular weight is 155 g/mol. The molecule has 38 valence electrons. The second kappa shape index (κ2) is 3.59. The maximum Gasteiger partial charge on any atom is 0.0608 e. The molecule has 3 heteroatoms. The Morgan fingerprint density at radius 2 is 1.67 bits per heavy atom. The first-order valence-corrected chi connectivity index (χ1v) is 2.58. The van der Waals surface area contributed by atoms with Crippen LogP contribution >= 0.6 is 15.9 Å². The highest BCUT2D eigenvalue weighted by Crippen LogP contribution is 1.92. The van der Waals surface area contributed by atoms with Gasteiger partial charge in [0.1, 0.15) is 0 Å². The third-order valence-corrected chi connectivity index (χ3v) is 0.975. The van der Waals surface area contributed by atoms with E-state index in [1.54, 1.807) is 0 Å². The summed E-state index contributed by atoms with van der Waals surface area (Å²) in [5.41, 5.74) is 0. The van der Waals surface area contributed by atoms with E-state index in [-0.39, 0.29) is 18.0 Å². The number of hydrogen-bond donors (Lipinski definition) is 2. The summed E-state index contributed by atoms with van der Waals surface area (Å²) < 4.78 is 0. The highest BCUT2D eigenvalue weighted by Gasteiger charge is 1.94. The lowest BCUT2D eigenvalue weighted by Gasteiger charge is -1.95. The molecule has 0 amide bonds. The molecule has 0 radical (unpaired) electrons. The lowest BCUT2D eigenvalue weighted by molar-refractivity contribution is 0.231. The van der Waals surface area contributed by atoms with Crippen molar-refractivity contribution in [2.45, 2.75) is 4.83 Å². The molecule has 0 bridgehead atoms. The fraction of sp³-hybridized carbons (Fsp3) is 1.00. The maximum absolute atomic E-state index is 8.13. The summed E-state index contributed by atoms with van der Waals surface area (Å²) in [7, 11) is 0. The summed E-state index contributed by atoms with van der Waals surface area (Å²) >= 11 is 2.98. The van der Waals surface area contributed by atoms with Crippen molar-refractivity contribution < 1.29 is 10.2 Å². The minimum Gasteiger partial charge on any atom is -0.395 e. The quantitative estimate of drug-likeness (QED) is 0.539. The van der Waals surface area contributed by atoms with Gasteiger partial charge in [-0.1, -0.05) is 15.9 Å². The highest BCUT2D eigenvalue weighted by molar-refractivity contribution is 9.09. The summed E-state index contributed by atoms with van der Waals surface area (Å²) in [6, 6.07) is 0. The van der Waals surface area contributed by atoms with E-state index >= 15 is 0 Å². The molecule has 0 aliphatic rings. The first-order chi connectivity index (χ1) is 2.81. The molecule has 0 aromatic rings. The molecule has 0 saturated heterocycles. The van der Waals surface area contributed by atoms with E-state index < -0.39 is 0 Å². The number of halogens is 1. The van der Waals surface area contributed by atoms with Crippen LogP contribution in [-0.2, 0) is 0 Å². The molecule has 6 heavy (non-hydrogen) atoms. The molecule has 0 aliphatic carbocycles. The molecule has 2 N–H and O–H groups in total. The second-order valence-corrected chi connectivity index (χ2v) is 2.26. The van der Waals surface area contributed by atoms with Gasteiger partial charge in [-0.15, -0.1) is 0 Å². The standard InChI is InChI=1S/C3H7BrO2/c4-3(1-5)2-6/h3,5-6H,1-2H2. The van der Waals surface area contributed by atoms with Crippen molar-refractivity contribution in [3.63, 3.8) is 0 Å². The van der Waals surface area contributed by atoms with Crippen molar-refractivity contribution in [1.82, 2.24) is 0 Å². The summed E-state index contributed by atoms with van der Waals surface area (Å²) in [4.78, 5) is -0.141. The van der Waals surface area contributed by atoms with Crippen molar-refractivity contribution in [3.05, 3.63) is 0 Å². The van der Waals surface area contributed by atoms with E-state index in [4.69, 9.17) is 10.2 Å². The molecule has 0 unspecified atom stereocenters. The van der Waals surface area contributed by atoms with Gasteiger partial charge in [-0.2, -0.15) is 0 Å². The monoisotopic (exact) mass is 154 g/mol. The Hall–Kier alpha value is 0.400. The predicted molar refractivity (Wildman–Crippen MR) is 26.9 cm³/mol. The Bertz CT molecular complexity index is 28.0. The van der Waals surface area contributed by atoms with Crippen LogP contribution in [0.2, 0.25) is 0 Å². The Morgan fingerprint density at radius 1 is 1.33 bits per heavy atom. The fourth-order valence-corrected chi connectivity index (χ4v) is 0.0577. The highest BCUT2D eigenvalue weighted by atomic mass is 79.9. The molecule has 0 rings (SSSR count). The third-order valence-electron chi connectivity index (χ3n) is 0.396. The van der Waals surface area contributed by atoms with Crippen LogP contribution in [0, 0.1) is 0 Å². The van der Waals surface area contributed by atoms with Crippen LogP contribution in [0.25, 0.3) is 0 Å². The van der Waals surface area contributed by atoms with Gasteiger partial charge in [-0.3, -0.25) is 0 Å². The summed E-state index contributed by atoms with van der Waals surface area (Å²) in [6.45, 7) is -0.00694. The molecule has 0 spiro atoms. The third kappa shape index (κ3) is 2.63. The molecule has 0 saturated carbocycles. The van der Waals surface area contributed by atoms with Crippen LogP contribution in [0.1, 0.15) is 0 Å². The first-order valence-electron chi connectivity index (χ1n) is 1.67. The van der Waals surface area contributed by atoms with Crippen molar-refractivity contribution in [2.75, 3.05) is 13.2 Å². The summed E-state index contributed by atoms with van der Waals surface area (Å²) in [6.07, 6.45) is 0. The van der Waals surface area contributed by atoms with Gasteiger partial charge >= 0.3 is 0 Å². The van der Waals surface area contributed by atoms with E-state index in [9.17, 15) is 0 Å². The van der Waals surface area contributed by atoms with E-state index in [0.29, 0.717) is 0 Å².